The van der Waals surface area contributed by atoms with Crippen LogP contribution < -0.4 is 11.1 Å². The largest absolute Gasteiger partial charge is 0.399 e. The van der Waals surface area contributed by atoms with Crippen molar-refractivity contribution in [2.75, 3.05) is 18.9 Å². The van der Waals surface area contributed by atoms with E-state index >= 15 is 0 Å². The number of carbonyl (C=O) groups is 1. The number of hydrogen-bond donors (Lipinski definition) is 3. The van der Waals surface area contributed by atoms with Crippen LogP contribution in [-0.2, 0) is 0 Å². The maximum absolute atomic E-state index is 11.7. The van der Waals surface area contributed by atoms with Gasteiger partial charge < -0.3 is 16.2 Å². The third-order valence-electron chi connectivity index (χ3n) is 1.92. The summed E-state index contributed by atoms with van der Waals surface area (Å²) >= 11 is 11.7. The van der Waals surface area contributed by atoms with E-state index in [9.17, 15) is 4.79 Å². The fourth-order valence-electron chi connectivity index (χ4n) is 1.15. The van der Waals surface area contributed by atoms with E-state index < -0.39 is 0 Å². The SMILES string of the molecule is Nc1cc(Cl)c(Cl)c(C(=O)NCCCO)c1. The van der Waals surface area contributed by atoms with Gasteiger partial charge in [0.2, 0.25) is 0 Å². The van der Waals surface area contributed by atoms with E-state index in [0.29, 0.717) is 18.7 Å². The molecule has 1 aromatic carbocycles. The summed E-state index contributed by atoms with van der Waals surface area (Å²) in [4.78, 5) is 11.7. The van der Waals surface area contributed by atoms with Crippen molar-refractivity contribution in [1.29, 1.82) is 0 Å². The van der Waals surface area contributed by atoms with Gasteiger partial charge in [0.25, 0.3) is 5.91 Å². The summed E-state index contributed by atoms with van der Waals surface area (Å²) in [6.45, 7) is 0.393. The molecule has 0 fully saturated rings. The van der Waals surface area contributed by atoms with Crippen LogP contribution in [0, 0.1) is 0 Å². The molecule has 0 heterocycles. The quantitative estimate of drug-likeness (QED) is 0.571. The number of halogens is 2. The predicted molar refractivity (Wildman–Crippen MR) is 64.9 cm³/mol. The second kappa shape index (κ2) is 5.94. The molecule has 0 unspecified atom stereocenters. The van der Waals surface area contributed by atoms with Crippen molar-refractivity contribution in [3.05, 3.63) is 27.7 Å². The fraction of sp³-hybridized carbons (Fsp3) is 0.300. The number of rotatable bonds is 4. The minimum atomic E-state index is -0.354. The number of amides is 1. The van der Waals surface area contributed by atoms with Crippen LogP contribution in [0.2, 0.25) is 10.0 Å². The van der Waals surface area contributed by atoms with Crippen LogP contribution in [-0.4, -0.2) is 24.2 Å². The van der Waals surface area contributed by atoms with E-state index in [4.69, 9.17) is 34.0 Å². The van der Waals surface area contributed by atoms with E-state index in [-0.39, 0.29) is 28.1 Å². The highest BCUT2D eigenvalue weighted by molar-refractivity contribution is 6.44. The zero-order valence-electron chi connectivity index (χ0n) is 8.46. The lowest BCUT2D eigenvalue weighted by atomic mass is 10.2. The van der Waals surface area contributed by atoms with Crippen molar-refractivity contribution in [2.24, 2.45) is 0 Å². The van der Waals surface area contributed by atoms with Gasteiger partial charge in [-0.25, -0.2) is 0 Å². The maximum Gasteiger partial charge on any atom is 0.252 e. The van der Waals surface area contributed by atoms with Gasteiger partial charge in [0, 0.05) is 18.8 Å². The summed E-state index contributed by atoms with van der Waals surface area (Å²) in [6.07, 6.45) is 0.486. The van der Waals surface area contributed by atoms with Crippen LogP contribution in [0.5, 0.6) is 0 Å². The second-order valence-corrected chi connectivity index (χ2v) is 3.98. The molecule has 88 valence electrons. The topological polar surface area (TPSA) is 75.4 Å². The molecule has 0 saturated heterocycles. The Labute approximate surface area is 103 Å². The number of nitrogens with one attached hydrogen (secondary N) is 1. The van der Waals surface area contributed by atoms with Gasteiger partial charge in [-0.2, -0.15) is 0 Å². The average molecular weight is 263 g/mol. The van der Waals surface area contributed by atoms with Gasteiger partial charge in [-0.15, -0.1) is 0 Å². The molecule has 0 atom stereocenters. The first-order valence-electron chi connectivity index (χ1n) is 4.70. The Kier molecular flexibility index (Phi) is 4.86. The summed E-state index contributed by atoms with van der Waals surface area (Å²) < 4.78 is 0. The number of anilines is 1. The summed E-state index contributed by atoms with van der Waals surface area (Å²) in [5, 5.41) is 11.6. The Bertz CT molecular complexity index is 397. The van der Waals surface area contributed by atoms with Crippen molar-refractivity contribution >= 4 is 34.8 Å². The Hall–Kier alpha value is -0.970. The lowest BCUT2D eigenvalue weighted by Gasteiger charge is -2.08. The molecule has 16 heavy (non-hydrogen) atoms. The maximum atomic E-state index is 11.7. The number of nitrogens with two attached hydrogens (primary N) is 1. The van der Waals surface area contributed by atoms with Crippen LogP contribution in [0.3, 0.4) is 0 Å². The molecule has 0 aliphatic rings. The zero-order chi connectivity index (χ0) is 12.1. The number of aliphatic hydroxyl groups excluding tert-OH is 1. The minimum Gasteiger partial charge on any atom is -0.399 e. The van der Waals surface area contributed by atoms with Crippen LogP contribution in [0.15, 0.2) is 12.1 Å². The molecule has 1 aromatic rings. The third kappa shape index (κ3) is 3.27. The van der Waals surface area contributed by atoms with Crippen molar-refractivity contribution < 1.29 is 9.90 Å². The normalized spacial score (nSPS) is 10.2. The van der Waals surface area contributed by atoms with Gasteiger partial charge in [0.1, 0.15) is 0 Å². The fourth-order valence-corrected chi connectivity index (χ4v) is 1.57. The number of hydrogen-bond acceptors (Lipinski definition) is 3. The number of nitrogen functional groups attached to an aromatic ring is 1. The summed E-state index contributed by atoms with van der Waals surface area (Å²) in [7, 11) is 0. The summed E-state index contributed by atoms with van der Waals surface area (Å²) in [6, 6.07) is 2.94. The molecule has 1 amide bonds. The van der Waals surface area contributed by atoms with Gasteiger partial charge in [0.15, 0.2) is 0 Å². The second-order valence-electron chi connectivity index (χ2n) is 3.20. The highest BCUT2D eigenvalue weighted by atomic mass is 35.5. The molecule has 6 heteroatoms. The van der Waals surface area contributed by atoms with Gasteiger partial charge in [-0.3, -0.25) is 4.79 Å². The average Bonchev–Trinajstić information content (AvgIpc) is 2.23. The highest BCUT2D eigenvalue weighted by Crippen LogP contribution is 2.28. The molecule has 0 aliphatic carbocycles. The molecular formula is C10H12Cl2N2O2. The van der Waals surface area contributed by atoms with Crippen LogP contribution >= 0.6 is 23.2 Å². The molecule has 0 aromatic heterocycles. The van der Waals surface area contributed by atoms with Crippen molar-refractivity contribution in [3.8, 4) is 0 Å². The molecule has 1 rings (SSSR count). The number of aliphatic hydroxyl groups is 1. The third-order valence-corrected chi connectivity index (χ3v) is 2.72. The molecule has 0 radical (unpaired) electrons. The van der Waals surface area contributed by atoms with Gasteiger partial charge in [0.05, 0.1) is 15.6 Å². The van der Waals surface area contributed by atoms with Crippen LogP contribution in [0.4, 0.5) is 5.69 Å². The molecule has 4 nitrogen and oxygen atoms in total. The van der Waals surface area contributed by atoms with E-state index in [1.165, 1.54) is 12.1 Å². The number of carbonyl (C=O) groups excluding carboxylic acids is 1. The van der Waals surface area contributed by atoms with Crippen molar-refractivity contribution in [2.45, 2.75) is 6.42 Å². The smallest absolute Gasteiger partial charge is 0.252 e. The first kappa shape index (κ1) is 13.1. The Balaban J connectivity index is 2.82. The Morgan fingerprint density at radius 1 is 1.44 bits per heavy atom. The minimum absolute atomic E-state index is 0.0195. The van der Waals surface area contributed by atoms with Gasteiger partial charge in [-0.05, 0) is 18.6 Å². The van der Waals surface area contributed by atoms with E-state index in [2.05, 4.69) is 5.32 Å². The summed E-state index contributed by atoms with van der Waals surface area (Å²) in [5.41, 5.74) is 6.17. The van der Waals surface area contributed by atoms with Crippen LogP contribution in [0.1, 0.15) is 16.8 Å². The molecule has 0 aliphatic heterocycles. The van der Waals surface area contributed by atoms with Crippen LogP contribution in [0.25, 0.3) is 0 Å². The predicted octanol–water partition coefficient (Wildman–Crippen LogP) is 1.69. The molecular weight excluding hydrogens is 251 g/mol. The van der Waals surface area contributed by atoms with Gasteiger partial charge in [-0.1, -0.05) is 23.2 Å². The molecule has 0 spiro atoms. The zero-order valence-corrected chi connectivity index (χ0v) is 9.98. The van der Waals surface area contributed by atoms with Crippen molar-refractivity contribution in [3.63, 3.8) is 0 Å². The van der Waals surface area contributed by atoms with E-state index in [0.717, 1.165) is 0 Å². The molecule has 0 bridgehead atoms. The lowest BCUT2D eigenvalue weighted by Crippen LogP contribution is -2.25. The lowest BCUT2D eigenvalue weighted by molar-refractivity contribution is 0.0951. The Morgan fingerprint density at radius 2 is 2.12 bits per heavy atom. The number of benzene rings is 1. The molecule has 0 saturated carbocycles. The first-order valence-corrected chi connectivity index (χ1v) is 5.45. The highest BCUT2D eigenvalue weighted by Gasteiger charge is 2.13. The Morgan fingerprint density at radius 3 is 2.75 bits per heavy atom. The standard InChI is InChI=1S/C10H12Cl2N2O2/c11-8-5-6(13)4-7(9(8)12)10(16)14-2-1-3-15/h4-5,15H,1-3,13H2,(H,14,16). The monoisotopic (exact) mass is 262 g/mol. The van der Waals surface area contributed by atoms with E-state index in [1.807, 2.05) is 0 Å². The molecule has 4 N–H and O–H groups in total. The van der Waals surface area contributed by atoms with E-state index in [1.54, 1.807) is 0 Å². The van der Waals surface area contributed by atoms with Crippen molar-refractivity contribution in [1.82, 2.24) is 5.32 Å². The summed E-state index contributed by atoms with van der Waals surface area (Å²) in [5.74, 6) is -0.354. The van der Waals surface area contributed by atoms with Gasteiger partial charge >= 0.3 is 0 Å². The first-order chi connectivity index (χ1) is 7.56.